The molecule has 2 heterocycles. The Morgan fingerprint density at radius 3 is 2.48 bits per heavy atom. The van der Waals surface area contributed by atoms with Crippen LogP contribution in [0.3, 0.4) is 0 Å². The summed E-state index contributed by atoms with van der Waals surface area (Å²) in [6, 6.07) is 7.76. The second-order valence-electron chi connectivity index (χ2n) is 6.60. The zero-order valence-corrected chi connectivity index (χ0v) is 15.3. The van der Waals surface area contributed by atoms with E-state index in [1.54, 1.807) is 0 Å². The van der Waals surface area contributed by atoms with Gasteiger partial charge in [0.2, 0.25) is 15.9 Å². The normalized spacial score (nSPS) is 22.6. The highest BCUT2D eigenvalue weighted by Crippen LogP contribution is 2.22. The maximum Gasteiger partial charge on any atom is 0.228 e. The van der Waals surface area contributed by atoms with Gasteiger partial charge in [-0.1, -0.05) is 0 Å². The van der Waals surface area contributed by atoms with Crippen LogP contribution in [0.2, 0.25) is 0 Å². The summed E-state index contributed by atoms with van der Waals surface area (Å²) >= 11 is 0. The van der Waals surface area contributed by atoms with Crippen LogP contribution in [0.4, 0.5) is 11.4 Å². The largest absolute Gasteiger partial charge is 0.378 e. The van der Waals surface area contributed by atoms with Crippen molar-refractivity contribution in [1.82, 2.24) is 4.31 Å². The van der Waals surface area contributed by atoms with Gasteiger partial charge >= 0.3 is 0 Å². The second kappa shape index (κ2) is 7.72. The molecule has 2 saturated heterocycles. The van der Waals surface area contributed by atoms with E-state index in [0.717, 1.165) is 37.7 Å². The number of piperidine rings is 1. The number of amides is 1. The lowest BCUT2D eigenvalue weighted by atomic mass is 9.98. The Kier molecular flexibility index (Phi) is 5.61. The summed E-state index contributed by atoms with van der Waals surface area (Å²) in [6.07, 6.45) is 2.61. The number of carbonyl (C=O) groups excluding carboxylic acids is 1. The molecule has 0 aromatic heterocycles. The Hall–Kier alpha value is -1.64. The fraction of sp³-hybridized carbons (Fsp3) is 0.588. The average molecular weight is 367 g/mol. The third kappa shape index (κ3) is 4.71. The summed E-state index contributed by atoms with van der Waals surface area (Å²) in [5.74, 6) is -0.421. The SMILES string of the molecule is CS(=O)(=O)N1CCC[C@H](C(=O)Nc2ccc(N3CCOCC3)cc2)C1. The minimum Gasteiger partial charge on any atom is -0.378 e. The first-order chi connectivity index (χ1) is 11.9. The van der Waals surface area contributed by atoms with Gasteiger partial charge in [-0.15, -0.1) is 0 Å². The van der Waals surface area contributed by atoms with Crippen molar-refractivity contribution in [1.29, 1.82) is 0 Å². The molecule has 138 valence electrons. The minimum atomic E-state index is -3.25. The summed E-state index contributed by atoms with van der Waals surface area (Å²) < 4.78 is 30.1. The quantitative estimate of drug-likeness (QED) is 0.863. The van der Waals surface area contributed by atoms with E-state index in [1.165, 1.54) is 10.6 Å². The lowest BCUT2D eigenvalue weighted by Crippen LogP contribution is -2.43. The lowest BCUT2D eigenvalue weighted by molar-refractivity contribution is -0.120. The molecule has 2 aliphatic rings. The van der Waals surface area contributed by atoms with Gasteiger partial charge in [0.15, 0.2) is 0 Å². The van der Waals surface area contributed by atoms with Crippen LogP contribution in [-0.2, 0) is 19.6 Å². The molecule has 1 aromatic carbocycles. The van der Waals surface area contributed by atoms with E-state index in [2.05, 4.69) is 10.2 Å². The van der Waals surface area contributed by atoms with Gasteiger partial charge in [-0.2, -0.15) is 0 Å². The molecule has 8 heteroatoms. The number of nitrogens with one attached hydrogen (secondary N) is 1. The van der Waals surface area contributed by atoms with Crippen LogP contribution in [0.1, 0.15) is 12.8 Å². The van der Waals surface area contributed by atoms with Crippen molar-refractivity contribution < 1.29 is 17.9 Å². The molecule has 1 aromatic rings. The van der Waals surface area contributed by atoms with Gasteiger partial charge < -0.3 is 15.0 Å². The molecule has 3 rings (SSSR count). The van der Waals surface area contributed by atoms with Crippen LogP contribution in [-0.4, -0.2) is 64.3 Å². The summed E-state index contributed by atoms with van der Waals surface area (Å²) in [7, 11) is -3.25. The van der Waals surface area contributed by atoms with Crippen molar-refractivity contribution >= 4 is 27.3 Å². The summed E-state index contributed by atoms with van der Waals surface area (Å²) in [5.41, 5.74) is 1.85. The number of hydrogen-bond acceptors (Lipinski definition) is 5. The van der Waals surface area contributed by atoms with Crippen molar-refractivity contribution in [2.75, 3.05) is 55.9 Å². The van der Waals surface area contributed by atoms with Crippen LogP contribution in [0.5, 0.6) is 0 Å². The Bertz CT molecular complexity index is 699. The van der Waals surface area contributed by atoms with Gasteiger partial charge in [-0.05, 0) is 37.1 Å². The van der Waals surface area contributed by atoms with E-state index in [0.29, 0.717) is 19.4 Å². The predicted octanol–water partition coefficient (Wildman–Crippen LogP) is 1.13. The lowest BCUT2D eigenvalue weighted by Gasteiger charge is -2.30. The molecular weight excluding hydrogens is 342 g/mol. The molecule has 0 radical (unpaired) electrons. The Morgan fingerprint density at radius 1 is 1.16 bits per heavy atom. The highest BCUT2D eigenvalue weighted by molar-refractivity contribution is 7.88. The number of ether oxygens (including phenoxy) is 1. The summed E-state index contributed by atoms with van der Waals surface area (Å²) in [5, 5.41) is 2.91. The maximum atomic E-state index is 12.5. The molecule has 0 saturated carbocycles. The molecule has 0 bridgehead atoms. The van der Waals surface area contributed by atoms with E-state index in [4.69, 9.17) is 4.74 Å². The van der Waals surface area contributed by atoms with Gasteiger partial charge in [0, 0.05) is 37.6 Å². The molecule has 0 unspecified atom stereocenters. The van der Waals surface area contributed by atoms with Crippen LogP contribution >= 0.6 is 0 Å². The van der Waals surface area contributed by atoms with Gasteiger partial charge in [-0.3, -0.25) is 4.79 Å². The molecule has 2 fully saturated rings. The fourth-order valence-corrected chi connectivity index (χ4v) is 4.19. The number of morpholine rings is 1. The van der Waals surface area contributed by atoms with Crippen LogP contribution in [0.25, 0.3) is 0 Å². The minimum absolute atomic E-state index is 0.118. The second-order valence-corrected chi connectivity index (χ2v) is 8.58. The third-order valence-electron chi connectivity index (χ3n) is 4.74. The van der Waals surface area contributed by atoms with Crippen molar-refractivity contribution in [2.24, 2.45) is 5.92 Å². The number of anilines is 2. The first-order valence-electron chi connectivity index (χ1n) is 8.62. The van der Waals surface area contributed by atoms with Crippen molar-refractivity contribution in [3.63, 3.8) is 0 Å². The zero-order chi connectivity index (χ0) is 17.9. The van der Waals surface area contributed by atoms with Crippen molar-refractivity contribution in [3.05, 3.63) is 24.3 Å². The third-order valence-corrected chi connectivity index (χ3v) is 6.00. The standard InChI is InChI=1S/C17H25N3O4S/c1-25(22,23)20-8-2-3-14(13-20)17(21)18-15-4-6-16(7-5-15)19-9-11-24-12-10-19/h4-7,14H,2-3,8-13H2,1H3,(H,18,21)/t14-/m0/s1. The van der Waals surface area contributed by atoms with Gasteiger partial charge in [-0.25, -0.2) is 12.7 Å². The molecule has 0 aliphatic carbocycles. The number of nitrogens with zero attached hydrogens (tertiary/aromatic N) is 2. The number of benzene rings is 1. The smallest absolute Gasteiger partial charge is 0.228 e. The first-order valence-corrected chi connectivity index (χ1v) is 10.5. The summed E-state index contributed by atoms with van der Waals surface area (Å²) in [6.45, 7) is 3.96. The first kappa shape index (κ1) is 18.2. The highest BCUT2D eigenvalue weighted by Gasteiger charge is 2.30. The zero-order valence-electron chi connectivity index (χ0n) is 14.5. The van der Waals surface area contributed by atoms with Gasteiger partial charge in [0.05, 0.1) is 25.4 Å². The van der Waals surface area contributed by atoms with Gasteiger partial charge in [0.25, 0.3) is 0 Å². The van der Waals surface area contributed by atoms with E-state index in [-0.39, 0.29) is 18.4 Å². The predicted molar refractivity (Wildman–Crippen MR) is 97.2 cm³/mol. The van der Waals surface area contributed by atoms with Crippen molar-refractivity contribution in [2.45, 2.75) is 12.8 Å². The molecule has 2 aliphatic heterocycles. The number of rotatable bonds is 4. The highest BCUT2D eigenvalue weighted by atomic mass is 32.2. The van der Waals surface area contributed by atoms with E-state index in [9.17, 15) is 13.2 Å². The monoisotopic (exact) mass is 367 g/mol. The molecule has 1 N–H and O–H groups in total. The maximum absolute atomic E-state index is 12.5. The Labute approximate surface area is 149 Å². The van der Waals surface area contributed by atoms with E-state index < -0.39 is 10.0 Å². The summed E-state index contributed by atoms with van der Waals surface area (Å²) in [4.78, 5) is 14.7. The molecule has 0 spiro atoms. The number of carbonyl (C=O) groups is 1. The van der Waals surface area contributed by atoms with E-state index >= 15 is 0 Å². The Balaban J connectivity index is 1.59. The average Bonchev–Trinajstić information content (AvgIpc) is 2.62. The van der Waals surface area contributed by atoms with E-state index in [1.807, 2.05) is 24.3 Å². The molecule has 7 nitrogen and oxygen atoms in total. The van der Waals surface area contributed by atoms with Crippen molar-refractivity contribution in [3.8, 4) is 0 Å². The number of hydrogen-bond donors (Lipinski definition) is 1. The molecule has 1 atom stereocenters. The molecule has 1 amide bonds. The fourth-order valence-electron chi connectivity index (χ4n) is 3.28. The van der Waals surface area contributed by atoms with Crippen LogP contribution in [0, 0.1) is 5.92 Å². The van der Waals surface area contributed by atoms with Gasteiger partial charge in [0.1, 0.15) is 0 Å². The number of sulfonamides is 1. The molecular formula is C17H25N3O4S. The Morgan fingerprint density at radius 2 is 1.84 bits per heavy atom. The van der Waals surface area contributed by atoms with Crippen LogP contribution in [0.15, 0.2) is 24.3 Å². The topological polar surface area (TPSA) is 79.0 Å². The molecule has 25 heavy (non-hydrogen) atoms. The van der Waals surface area contributed by atoms with Crippen LogP contribution < -0.4 is 10.2 Å².